The summed E-state index contributed by atoms with van der Waals surface area (Å²) in [6.45, 7) is 1.21. The van der Waals surface area contributed by atoms with Crippen molar-refractivity contribution in [2.24, 2.45) is 0 Å². The topological polar surface area (TPSA) is 0 Å². The van der Waals surface area contributed by atoms with Gasteiger partial charge in [0.15, 0.2) is 0 Å². The Balaban J connectivity index is -0.00000000536. The first kappa shape index (κ1) is 68.5. The molecule has 0 aliphatic rings. The molecule has 0 atom stereocenters. The molecule has 0 nitrogen and oxygen atoms in total. The summed E-state index contributed by atoms with van der Waals surface area (Å²) in [6.07, 6.45) is 0. The zero-order valence-electron chi connectivity index (χ0n) is 5.26. The van der Waals surface area contributed by atoms with E-state index in [4.69, 9.17) is 0 Å². The van der Waals surface area contributed by atoms with Crippen LogP contribution in [-0.4, -0.2) is 13.9 Å². The van der Waals surface area contributed by atoms with Crippen LogP contribution in [0.4, 0.5) is 13.2 Å². The van der Waals surface area contributed by atoms with Crippen LogP contribution in [0.1, 0.15) is 21.8 Å². The Bertz CT molecular complexity index is 13.0. The molecule has 66 valence electrons. The number of rotatable bonds is 0. The molecule has 0 aromatic rings. The molecular weight excluding hydrogens is 396 g/mol. The SMILES string of the molecule is C.C.CCF.CF.[CH2-]F.[Rf]. The third kappa shape index (κ3) is 155. The Hall–Kier alpha value is -1.21. The van der Waals surface area contributed by atoms with Gasteiger partial charge in [0.2, 0.25) is 0 Å². The van der Waals surface area contributed by atoms with E-state index >= 15 is 0 Å². The Kier molecular flexibility index (Phi) is 55800. The summed E-state index contributed by atoms with van der Waals surface area (Å²) in [5, 5.41) is 0. The van der Waals surface area contributed by atoms with Crippen molar-refractivity contribution in [3.05, 3.63) is 7.18 Å². The minimum atomic E-state index is -0.250. The normalized spacial score (nSPS) is 3.00. The summed E-state index contributed by atoms with van der Waals surface area (Å²) >= 11 is 0. The summed E-state index contributed by atoms with van der Waals surface area (Å²) in [7, 11) is 2.25. The van der Waals surface area contributed by atoms with E-state index in [9.17, 15) is 13.2 Å². The van der Waals surface area contributed by atoms with Crippen LogP contribution in [0.3, 0.4) is 0 Å². The number of alkyl halides is 2. The van der Waals surface area contributed by atoms with Crippen molar-refractivity contribution in [3.8, 4) is 0 Å². The standard InChI is InChI=1S/C2H5F.CH3F.CH2F.2CH4.Rf/c1-2-3;2*1-2;;;/h2H2,1H3;1H3;1H2;2*1H4;/q;;-1;;;. The van der Waals surface area contributed by atoms with E-state index in [-0.39, 0.29) is 21.5 Å². The number of hydrogen-bond acceptors (Lipinski definition) is 0. The van der Waals surface area contributed by atoms with Crippen molar-refractivity contribution >= 4 is 0 Å². The molecule has 0 saturated heterocycles. The second-order valence-corrected chi connectivity index (χ2v) is 0.267. The van der Waals surface area contributed by atoms with Gasteiger partial charge in [0.1, 0.15) is 0 Å². The van der Waals surface area contributed by atoms with E-state index in [1.807, 2.05) is 0 Å². The molecule has 0 N–H and O–H groups in total. The van der Waals surface area contributed by atoms with Gasteiger partial charge in [0.25, 0.3) is 0 Å². The van der Waals surface area contributed by atoms with Gasteiger partial charge in [0, 0.05) is 0 Å². The minimum Gasteiger partial charge on any atom is -0.463 e. The molecule has 0 heterocycles. The third-order valence-electron chi connectivity index (χ3n) is 0. The third-order valence-corrected chi connectivity index (χ3v) is 0. The molecule has 0 aliphatic heterocycles. The van der Waals surface area contributed by atoms with Gasteiger partial charge in [0.05, 0.1) is 13.9 Å². The number of halogens is 3. The predicted molar refractivity (Wildman–Crippen MR) is 38.6 cm³/mol. The zero-order valence-corrected chi connectivity index (χ0v) is 11.7. The molecule has 0 unspecified atom stereocenters. The first-order valence-electron chi connectivity index (χ1n) is 1.62. The fourth-order valence-electron chi connectivity index (χ4n) is 0. The molecule has 0 fully saturated rings. The second kappa shape index (κ2) is 8140. The Labute approximate surface area is 57.1 Å². The summed E-state index contributed by atoms with van der Waals surface area (Å²) in [5.41, 5.74) is 0. The quantitative estimate of drug-likeness (QED) is 0.532. The van der Waals surface area contributed by atoms with Crippen molar-refractivity contribution in [3.63, 3.8) is 0 Å². The maximum atomic E-state index is 10.3. The molecule has 10 heavy (non-hydrogen) atoms. The van der Waals surface area contributed by atoms with Gasteiger partial charge in [-0.15, -0.1) is 0 Å². The summed E-state index contributed by atoms with van der Waals surface area (Å²) in [5.74, 6) is 0. The van der Waals surface area contributed by atoms with Crippen molar-refractivity contribution in [2.75, 3.05) is 13.9 Å². The predicted octanol–water partition coefficient (Wildman–Crippen LogP) is 3.58. The molecule has 4 heteroatoms. The molecule has 0 amide bonds. The molecule has 0 rings (SSSR count). The van der Waals surface area contributed by atoms with Crippen LogP contribution in [0, 0.1) is 7.18 Å². The first-order chi connectivity index (χ1) is 3.41. The van der Waals surface area contributed by atoms with Gasteiger partial charge >= 0.3 is 0 Å². The maximum Gasteiger partial charge on any atom is 0.0866 e. The van der Waals surface area contributed by atoms with Crippen molar-refractivity contribution in [1.29, 1.82) is 0 Å². The van der Waals surface area contributed by atoms with E-state index in [0.717, 1.165) is 0 Å². The summed E-state index contributed by atoms with van der Waals surface area (Å²) < 4.78 is 29.0. The second-order valence-electron chi connectivity index (χ2n) is 0.267. The first-order valence-corrected chi connectivity index (χ1v) is 1.62. The van der Waals surface area contributed by atoms with Crippen LogP contribution >= 0.6 is 0 Å². The molecule has 0 bridgehead atoms. The van der Waals surface area contributed by atoms with E-state index in [0.29, 0.717) is 7.18 Å². The van der Waals surface area contributed by atoms with E-state index in [1.165, 1.54) is 6.92 Å². The van der Waals surface area contributed by atoms with Crippen LogP contribution in [0.25, 0.3) is 0 Å². The van der Waals surface area contributed by atoms with Crippen LogP contribution in [0.2, 0.25) is 0 Å². The fraction of sp³-hybridized carbons (Fsp3) is 0.833. The summed E-state index contributed by atoms with van der Waals surface area (Å²) in [4.78, 5) is 0. The van der Waals surface area contributed by atoms with Crippen molar-refractivity contribution in [2.45, 2.75) is 21.8 Å². The molecule has 0 spiro atoms. The monoisotopic (exact) mass is 414 g/mol. The molecular formula is C6H18F3Rf-. The van der Waals surface area contributed by atoms with Crippen LogP contribution in [0.15, 0.2) is 0 Å². The fourth-order valence-corrected chi connectivity index (χ4v) is 0. The van der Waals surface area contributed by atoms with Gasteiger partial charge in [-0.25, -0.2) is 0 Å². The minimum absolute atomic E-state index is 0. The van der Waals surface area contributed by atoms with E-state index in [2.05, 4.69) is 0 Å². The maximum absolute atomic E-state index is 10.3. The Morgan fingerprint density at radius 2 is 1.10 bits per heavy atom. The molecule has 0 aliphatic carbocycles. The van der Waals surface area contributed by atoms with Gasteiger partial charge in [-0.1, -0.05) is 14.9 Å². The van der Waals surface area contributed by atoms with Crippen molar-refractivity contribution in [1.82, 2.24) is 0 Å². The van der Waals surface area contributed by atoms with Crippen LogP contribution in [0.5, 0.6) is 0 Å². The largest absolute Gasteiger partial charge is 0.463 e. The van der Waals surface area contributed by atoms with Gasteiger partial charge in [-0.2, -0.15) is 7.18 Å². The Morgan fingerprint density at radius 1 is 1.10 bits per heavy atom. The van der Waals surface area contributed by atoms with Gasteiger partial charge in [-0.3, -0.25) is 8.78 Å². The van der Waals surface area contributed by atoms with Gasteiger partial charge < -0.3 is 4.39 Å². The Morgan fingerprint density at radius 3 is 1.10 bits per heavy atom. The average Bonchev–Trinajstić information content (AvgIpc) is 1.78. The smallest absolute Gasteiger partial charge is 0.0866 e. The molecule has 0 aromatic carbocycles. The summed E-state index contributed by atoms with van der Waals surface area (Å²) in [6, 6.07) is 0. The van der Waals surface area contributed by atoms with Gasteiger partial charge in [-0.05, 0) is 6.92 Å². The van der Waals surface area contributed by atoms with E-state index < -0.39 is 0 Å². The molecule has 0 aromatic heterocycles. The molecule has 0 saturated carbocycles. The zero-order chi connectivity index (χ0) is 6.71. The van der Waals surface area contributed by atoms with Crippen LogP contribution < -0.4 is 0 Å². The average molecular weight is 414 g/mol. The van der Waals surface area contributed by atoms with Crippen LogP contribution in [-0.2, 0) is 0 Å². The van der Waals surface area contributed by atoms with Crippen molar-refractivity contribution < 1.29 is 13.2 Å². The molecule has 0 radical (unpaired) electrons. The van der Waals surface area contributed by atoms with E-state index in [1.54, 1.807) is 7.18 Å². The number of hydrogen-bond donors (Lipinski definition) is 0.